The van der Waals surface area contributed by atoms with Gasteiger partial charge in [0.1, 0.15) is 0 Å². The van der Waals surface area contributed by atoms with Crippen molar-refractivity contribution in [3.63, 3.8) is 0 Å². The van der Waals surface area contributed by atoms with Crippen LogP contribution in [0.3, 0.4) is 0 Å². The molecule has 0 aliphatic carbocycles. The number of aryl methyl sites for hydroxylation is 2. The third kappa shape index (κ3) is 3.39. The molecule has 0 spiro atoms. The summed E-state index contributed by atoms with van der Waals surface area (Å²) in [6, 6.07) is 10.2. The van der Waals surface area contributed by atoms with Gasteiger partial charge in [-0.25, -0.2) is 0 Å². The molecule has 1 amide bonds. The molecule has 0 radical (unpaired) electrons. The van der Waals surface area contributed by atoms with Crippen LogP contribution in [0.5, 0.6) is 0 Å². The number of nitrogens with two attached hydrogens (primary N) is 1. The summed E-state index contributed by atoms with van der Waals surface area (Å²) in [7, 11) is 0. The largest absolute Gasteiger partial charge is 0.352 e. The summed E-state index contributed by atoms with van der Waals surface area (Å²) in [5, 5.41) is 2.97. The van der Waals surface area contributed by atoms with Gasteiger partial charge < -0.3 is 15.6 Å². The third-order valence-electron chi connectivity index (χ3n) is 3.95. The third-order valence-corrected chi connectivity index (χ3v) is 3.95. The summed E-state index contributed by atoms with van der Waals surface area (Å²) in [6.07, 6.45) is 1.85. The number of hydrogen-bond donors (Lipinski definition) is 2. The number of rotatable bonds is 6. The summed E-state index contributed by atoms with van der Waals surface area (Å²) in [6.45, 7) is 7.45. The van der Waals surface area contributed by atoms with Crippen molar-refractivity contribution in [3.05, 3.63) is 52.8 Å². The zero-order chi connectivity index (χ0) is 16.1. The van der Waals surface area contributed by atoms with Crippen molar-refractivity contribution < 1.29 is 4.79 Å². The quantitative estimate of drug-likeness (QED) is 0.806. The molecular formula is C18H25N3O. The van der Waals surface area contributed by atoms with E-state index >= 15 is 0 Å². The first kappa shape index (κ1) is 16.3. The summed E-state index contributed by atoms with van der Waals surface area (Å²) in [5.74, 6) is -0.00930. The van der Waals surface area contributed by atoms with Crippen LogP contribution in [0.25, 0.3) is 5.69 Å². The number of benzene rings is 1. The number of nitrogens with one attached hydrogen (secondary N) is 1. The maximum absolute atomic E-state index is 12.4. The van der Waals surface area contributed by atoms with E-state index in [4.69, 9.17) is 5.73 Å². The highest BCUT2D eigenvalue weighted by Gasteiger charge is 2.16. The predicted octanol–water partition coefficient (Wildman–Crippen LogP) is 2.87. The predicted molar refractivity (Wildman–Crippen MR) is 90.6 cm³/mol. The van der Waals surface area contributed by atoms with Crippen LogP contribution in [-0.2, 0) is 0 Å². The van der Waals surface area contributed by atoms with E-state index in [0.717, 1.165) is 35.5 Å². The number of para-hydroxylation sites is 1. The van der Waals surface area contributed by atoms with Crippen LogP contribution in [0.2, 0.25) is 0 Å². The monoisotopic (exact) mass is 299 g/mol. The van der Waals surface area contributed by atoms with Gasteiger partial charge in [-0.05, 0) is 57.9 Å². The number of amides is 1. The summed E-state index contributed by atoms with van der Waals surface area (Å²) in [4.78, 5) is 12.4. The Hall–Kier alpha value is -2.07. The first-order valence-corrected chi connectivity index (χ1v) is 7.79. The molecule has 0 saturated carbocycles. The number of carbonyl (C=O) groups excluding carboxylic acids is 1. The van der Waals surface area contributed by atoms with Gasteiger partial charge in [-0.3, -0.25) is 4.79 Å². The average molecular weight is 299 g/mol. The molecule has 4 nitrogen and oxygen atoms in total. The lowest BCUT2D eigenvalue weighted by atomic mass is 10.2. The number of nitrogens with zero attached hydrogens (tertiary/aromatic N) is 1. The molecule has 0 unspecified atom stereocenters. The van der Waals surface area contributed by atoms with Crippen molar-refractivity contribution in [1.29, 1.82) is 0 Å². The van der Waals surface area contributed by atoms with Crippen LogP contribution < -0.4 is 11.1 Å². The fraction of sp³-hybridized carbons (Fsp3) is 0.389. The molecule has 0 aliphatic heterocycles. The Morgan fingerprint density at radius 1 is 1.18 bits per heavy atom. The minimum Gasteiger partial charge on any atom is -0.352 e. The van der Waals surface area contributed by atoms with Gasteiger partial charge in [0.05, 0.1) is 5.56 Å². The van der Waals surface area contributed by atoms with E-state index in [1.54, 1.807) is 0 Å². The van der Waals surface area contributed by atoms with Gasteiger partial charge in [-0.1, -0.05) is 18.2 Å². The fourth-order valence-corrected chi connectivity index (χ4v) is 2.74. The molecule has 1 aromatic carbocycles. The van der Waals surface area contributed by atoms with Gasteiger partial charge in [0.15, 0.2) is 0 Å². The van der Waals surface area contributed by atoms with Crippen molar-refractivity contribution in [3.8, 4) is 5.69 Å². The van der Waals surface area contributed by atoms with E-state index in [0.29, 0.717) is 13.1 Å². The highest BCUT2D eigenvalue weighted by atomic mass is 16.1. The molecule has 0 atom stereocenters. The minimum atomic E-state index is -0.00930. The normalized spacial score (nSPS) is 10.7. The second kappa shape index (κ2) is 7.27. The zero-order valence-corrected chi connectivity index (χ0v) is 13.6. The Kier molecular flexibility index (Phi) is 5.39. The fourth-order valence-electron chi connectivity index (χ4n) is 2.74. The van der Waals surface area contributed by atoms with E-state index < -0.39 is 0 Å². The van der Waals surface area contributed by atoms with Crippen LogP contribution in [0, 0.1) is 20.8 Å². The van der Waals surface area contributed by atoms with Gasteiger partial charge in [-0.15, -0.1) is 0 Å². The molecule has 1 heterocycles. The van der Waals surface area contributed by atoms with Gasteiger partial charge in [0.2, 0.25) is 0 Å². The highest BCUT2D eigenvalue weighted by Crippen LogP contribution is 2.23. The van der Waals surface area contributed by atoms with Crippen molar-refractivity contribution in [2.24, 2.45) is 5.73 Å². The molecule has 2 aromatic rings. The van der Waals surface area contributed by atoms with E-state index in [9.17, 15) is 4.79 Å². The van der Waals surface area contributed by atoms with Crippen LogP contribution >= 0.6 is 0 Å². The SMILES string of the molecule is Cc1ccccc1-n1c(C)cc(C(=O)NCCCCN)c1C. The van der Waals surface area contributed by atoms with Crippen LogP contribution in [0.4, 0.5) is 0 Å². The summed E-state index contributed by atoms with van der Waals surface area (Å²) < 4.78 is 2.14. The van der Waals surface area contributed by atoms with Crippen LogP contribution in [-0.4, -0.2) is 23.6 Å². The number of aromatic nitrogens is 1. The van der Waals surface area contributed by atoms with Crippen LogP contribution in [0.15, 0.2) is 30.3 Å². The molecule has 0 saturated heterocycles. The lowest BCUT2D eigenvalue weighted by Crippen LogP contribution is -2.25. The first-order chi connectivity index (χ1) is 10.6. The Balaban J connectivity index is 2.24. The summed E-state index contributed by atoms with van der Waals surface area (Å²) in [5.41, 5.74) is 10.6. The topological polar surface area (TPSA) is 60.0 Å². The molecule has 22 heavy (non-hydrogen) atoms. The average Bonchev–Trinajstić information content (AvgIpc) is 2.79. The molecule has 0 bridgehead atoms. The van der Waals surface area contributed by atoms with Gasteiger partial charge >= 0.3 is 0 Å². The molecule has 4 heteroatoms. The molecular weight excluding hydrogens is 274 g/mol. The maximum Gasteiger partial charge on any atom is 0.253 e. The number of carbonyl (C=O) groups is 1. The van der Waals surface area contributed by atoms with Gasteiger partial charge in [0.25, 0.3) is 5.91 Å². The van der Waals surface area contributed by atoms with Crippen molar-refractivity contribution in [2.75, 3.05) is 13.1 Å². The smallest absolute Gasteiger partial charge is 0.253 e. The van der Waals surface area contributed by atoms with Gasteiger partial charge in [-0.2, -0.15) is 0 Å². The number of hydrogen-bond acceptors (Lipinski definition) is 2. The van der Waals surface area contributed by atoms with Crippen molar-refractivity contribution >= 4 is 5.91 Å². The molecule has 0 aliphatic rings. The van der Waals surface area contributed by atoms with E-state index in [2.05, 4.69) is 28.9 Å². The van der Waals surface area contributed by atoms with Gasteiger partial charge in [0, 0.05) is 23.6 Å². The highest BCUT2D eigenvalue weighted by molar-refractivity contribution is 5.95. The van der Waals surface area contributed by atoms with E-state index in [-0.39, 0.29) is 5.91 Å². The van der Waals surface area contributed by atoms with E-state index in [1.807, 2.05) is 32.0 Å². The summed E-state index contributed by atoms with van der Waals surface area (Å²) >= 11 is 0. The van der Waals surface area contributed by atoms with Crippen LogP contribution in [0.1, 0.15) is 40.2 Å². The zero-order valence-electron chi connectivity index (χ0n) is 13.6. The minimum absolute atomic E-state index is 0.00930. The Labute approximate surface area is 132 Å². The maximum atomic E-state index is 12.4. The second-order valence-corrected chi connectivity index (χ2v) is 5.66. The Morgan fingerprint density at radius 2 is 1.91 bits per heavy atom. The standard InChI is InChI=1S/C18H25N3O/c1-13-8-4-5-9-17(13)21-14(2)12-16(15(21)3)18(22)20-11-7-6-10-19/h4-5,8-9,12H,6-7,10-11,19H2,1-3H3,(H,20,22). The second-order valence-electron chi connectivity index (χ2n) is 5.66. The van der Waals surface area contributed by atoms with E-state index in [1.165, 1.54) is 5.56 Å². The molecule has 0 fully saturated rings. The Bertz CT molecular complexity index is 658. The lowest BCUT2D eigenvalue weighted by Gasteiger charge is -2.12. The Morgan fingerprint density at radius 3 is 2.59 bits per heavy atom. The van der Waals surface area contributed by atoms with Crippen molar-refractivity contribution in [1.82, 2.24) is 9.88 Å². The molecule has 2 rings (SSSR count). The molecule has 118 valence electrons. The van der Waals surface area contributed by atoms with Crippen molar-refractivity contribution in [2.45, 2.75) is 33.6 Å². The molecule has 1 aromatic heterocycles. The lowest BCUT2D eigenvalue weighted by molar-refractivity contribution is 0.0952. The first-order valence-electron chi connectivity index (χ1n) is 7.79. The number of unbranched alkanes of at least 4 members (excludes halogenated alkanes) is 1. The molecule has 3 N–H and O–H groups in total.